The second kappa shape index (κ2) is 9.47. The van der Waals surface area contributed by atoms with Crippen LogP contribution in [-0.2, 0) is 0 Å². The molecule has 0 fully saturated rings. The van der Waals surface area contributed by atoms with Crippen LogP contribution in [0.4, 0.5) is 0 Å². The average Bonchev–Trinajstić information content (AvgIpc) is 2.67. The van der Waals surface area contributed by atoms with E-state index in [1.165, 1.54) is 27.5 Å². The predicted octanol–water partition coefficient (Wildman–Crippen LogP) is 3.26. The number of hydrogen-bond acceptors (Lipinski definition) is 6. The zero-order valence-electron chi connectivity index (χ0n) is 16.1. The Kier molecular flexibility index (Phi) is 7.05. The van der Waals surface area contributed by atoms with Crippen LogP contribution in [0.1, 0.15) is 29.8 Å². The molecule has 0 unspecified atom stereocenters. The standard InChI is InChI=1S/C20H24N2O5/c1-13(2)27-16-8-6-15(7-9-16)20(23)22-21-12-14-10-17(24-3)19(26-5)18(11-14)25-4/h6-13H,1-5H3,(H,22,23)/b21-12-. The van der Waals surface area contributed by atoms with Crippen LogP contribution in [-0.4, -0.2) is 39.6 Å². The third kappa shape index (κ3) is 5.37. The number of amides is 1. The van der Waals surface area contributed by atoms with Crippen molar-refractivity contribution in [2.45, 2.75) is 20.0 Å². The molecule has 2 aromatic rings. The number of methoxy groups -OCH3 is 3. The third-order valence-electron chi connectivity index (χ3n) is 3.56. The van der Waals surface area contributed by atoms with E-state index >= 15 is 0 Å². The topological polar surface area (TPSA) is 78.4 Å². The van der Waals surface area contributed by atoms with Gasteiger partial charge in [0.05, 0.1) is 33.6 Å². The number of rotatable bonds is 8. The molecule has 2 rings (SSSR count). The highest BCUT2D eigenvalue weighted by Crippen LogP contribution is 2.37. The molecule has 1 amide bonds. The summed E-state index contributed by atoms with van der Waals surface area (Å²) in [5.74, 6) is 1.89. The highest BCUT2D eigenvalue weighted by Gasteiger charge is 2.12. The summed E-state index contributed by atoms with van der Waals surface area (Å²) in [5.41, 5.74) is 3.65. The zero-order valence-corrected chi connectivity index (χ0v) is 16.1. The monoisotopic (exact) mass is 372 g/mol. The number of carbonyl (C=O) groups excluding carboxylic acids is 1. The molecule has 7 heteroatoms. The molecule has 0 saturated heterocycles. The largest absolute Gasteiger partial charge is 0.493 e. The number of ether oxygens (including phenoxy) is 4. The van der Waals surface area contributed by atoms with Crippen LogP contribution in [0.15, 0.2) is 41.5 Å². The fourth-order valence-corrected chi connectivity index (χ4v) is 2.36. The Bertz CT molecular complexity index is 776. The van der Waals surface area contributed by atoms with E-state index < -0.39 is 0 Å². The van der Waals surface area contributed by atoms with E-state index in [9.17, 15) is 4.79 Å². The van der Waals surface area contributed by atoms with Gasteiger partial charge >= 0.3 is 0 Å². The maximum absolute atomic E-state index is 12.2. The average molecular weight is 372 g/mol. The molecule has 2 aromatic carbocycles. The second-order valence-corrected chi connectivity index (χ2v) is 5.85. The van der Waals surface area contributed by atoms with Crippen molar-refractivity contribution in [2.24, 2.45) is 5.10 Å². The highest BCUT2D eigenvalue weighted by molar-refractivity contribution is 5.95. The molecule has 0 saturated carbocycles. The lowest BCUT2D eigenvalue weighted by Crippen LogP contribution is -2.17. The minimum atomic E-state index is -0.324. The summed E-state index contributed by atoms with van der Waals surface area (Å²) >= 11 is 0. The molecule has 0 radical (unpaired) electrons. The van der Waals surface area contributed by atoms with Crippen LogP contribution in [0.2, 0.25) is 0 Å². The van der Waals surface area contributed by atoms with Gasteiger partial charge in [-0.1, -0.05) is 0 Å². The van der Waals surface area contributed by atoms with Gasteiger partial charge in [0.15, 0.2) is 11.5 Å². The van der Waals surface area contributed by atoms with Crippen LogP contribution in [0, 0.1) is 0 Å². The normalized spacial score (nSPS) is 10.7. The Balaban J connectivity index is 2.07. The number of carbonyl (C=O) groups is 1. The van der Waals surface area contributed by atoms with E-state index in [0.717, 1.165) is 0 Å². The van der Waals surface area contributed by atoms with Gasteiger partial charge in [-0.3, -0.25) is 4.79 Å². The Labute approximate surface area is 158 Å². The molecular weight excluding hydrogens is 348 g/mol. The van der Waals surface area contributed by atoms with Gasteiger partial charge in [0.2, 0.25) is 5.75 Å². The van der Waals surface area contributed by atoms with Gasteiger partial charge in [-0.2, -0.15) is 5.10 Å². The summed E-state index contributed by atoms with van der Waals surface area (Å²) in [7, 11) is 4.60. The SMILES string of the molecule is COc1cc(/C=N\NC(=O)c2ccc(OC(C)C)cc2)cc(OC)c1OC. The van der Waals surface area contributed by atoms with Gasteiger partial charge in [0, 0.05) is 11.1 Å². The summed E-state index contributed by atoms with van der Waals surface area (Å²) in [6.07, 6.45) is 1.58. The molecule has 144 valence electrons. The van der Waals surface area contributed by atoms with Crippen molar-refractivity contribution in [3.05, 3.63) is 47.5 Å². The van der Waals surface area contributed by atoms with E-state index in [-0.39, 0.29) is 12.0 Å². The summed E-state index contributed by atoms with van der Waals surface area (Å²) in [5, 5.41) is 3.99. The van der Waals surface area contributed by atoms with Crippen LogP contribution < -0.4 is 24.4 Å². The van der Waals surface area contributed by atoms with Gasteiger partial charge in [-0.15, -0.1) is 0 Å². The van der Waals surface area contributed by atoms with Crippen molar-refractivity contribution in [1.82, 2.24) is 5.43 Å². The summed E-state index contributed by atoms with van der Waals surface area (Å²) in [6.45, 7) is 3.89. The molecule has 0 aliphatic heterocycles. The van der Waals surface area contributed by atoms with Gasteiger partial charge < -0.3 is 18.9 Å². The fraction of sp³-hybridized carbons (Fsp3) is 0.300. The molecule has 0 bridgehead atoms. The molecule has 0 aliphatic rings. The number of benzene rings is 2. The van der Waals surface area contributed by atoms with Crippen molar-refractivity contribution in [1.29, 1.82) is 0 Å². The van der Waals surface area contributed by atoms with E-state index in [4.69, 9.17) is 18.9 Å². The van der Waals surface area contributed by atoms with Crippen molar-refractivity contribution < 1.29 is 23.7 Å². The van der Waals surface area contributed by atoms with Crippen LogP contribution in [0.25, 0.3) is 0 Å². The van der Waals surface area contributed by atoms with Gasteiger partial charge in [-0.05, 0) is 50.2 Å². The summed E-state index contributed by atoms with van der Waals surface area (Å²) in [6, 6.07) is 10.3. The molecule has 0 spiro atoms. The van der Waals surface area contributed by atoms with Gasteiger partial charge in [0.1, 0.15) is 5.75 Å². The van der Waals surface area contributed by atoms with Crippen LogP contribution in [0.3, 0.4) is 0 Å². The lowest BCUT2D eigenvalue weighted by molar-refractivity contribution is 0.0955. The smallest absolute Gasteiger partial charge is 0.271 e. The first-order valence-electron chi connectivity index (χ1n) is 8.38. The van der Waals surface area contributed by atoms with E-state index in [1.54, 1.807) is 36.4 Å². The molecule has 0 aromatic heterocycles. The molecule has 7 nitrogen and oxygen atoms in total. The van der Waals surface area contributed by atoms with Crippen LogP contribution in [0.5, 0.6) is 23.0 Å². The highest BCUT2D eigenvalue weighted by atomic mass is 16.5. The lowest BCUT2D eigenvalue weighted by atomic mass is 10.2. The number of hydrogen-bond donors (Lipinski definition) is 1. The minimum Gasteiger partial charge on any atom is -0.493 e. The predicted molar refractivity (Wildman–Crippen MR) is 103 cm³/mol. The maximum Gasteiger partial charge on any atom is 0.271 e. The molecule has 27 heavy (non-hydrogen) atoms. The second-order valence-electron chi connectivity index (χ2n) is 5.85. The maximum atomic E-state index is 12.2. The fourth-order valence-electron chi connectivity index (χ4n) is 2.36. The first kappa shape index (κ1) is 20.1. The zero-order chi connectivity index (χ0) is 19.8. The Morgan fingerprint density at radius 2 is 1.59 bits per heavy atom. The molecule has 0 heterocycles. The quantitative estimate of drug-likeness (QED) is 0.568. The number of hydrazone groups is 1. The Morgan fingerprint density at radius 3 is 2.07 bits per heavy atom. The van der Waals surface area contributed by atoms with Crippen molar-refractivity contribution in [3.8, 4) is 23.0 Å². The molecule has 0 aliphatic carbocycles. The first-order chi connectivity index (χ1) is 13.0. The summed E-state index contributed by atoms with van der Waals surface area (Å²) < 4.78 is 21.4. The van der Waals surface area contributed by atoms with Crippen molar-refractivity contribution >= 4 is 12.1 Å². The van der Waals surface area contributed by atoms with E-state index in [0.29, 0.717) is 34.1 Å². The Hall–Kier alpha value is -3.22. The molecular formula is C20H24N2O5. The summed E-state index contributed by atoms with van der Waals surface area (Å²) in [4.78, 5) is 12.2. The third-order valence-corrected chi connectivity index (χ3v) is 3.56. The number of nitrogens with one attached hydrogen (secondary N) is 1. The first-order valence-corrected chi connectivity index (χ1v) is 8.38. The van der Waals surface area contributed by atoms with Crippen molar-refractivity contribution in [2.75, 3.05) is 21.3 Å². The lowest BCUT2D eigenvalue weighted by Gasteiger charge is -2.12. The van der Waals surface area contributed by atoms with Crippen molar-refractivity contribution in [3.63, 3.8) is 0 Å². The molecule has 1 N–H and O–H groups in total. The van der Waals surface area contributed by atoms with E-state index in [1.807, 2.05) is 13.8 Å². The Morgan fingerprint density at radius 1 is 1.00 bits per heavy atom. The van der Waals surface area contributed by atoms with E-state index in [2.05, 4.69) is 10.5 Å². The van der Waals surface area contributed by atoms with Crippen LogP contribution >= 0.6 is 0 Å². The van der Waals surface area contributed by atoms with Gasteiger partial charge in [0.25, 0.3) is 5.91 Å². The minimum absolute atomic E-state index is 0.0766. The number of nitrogens with zero attached hydrogens (tertiary/aromatic N) is 1. The van der Waals surface area contributed by atoms with Gasteiger partial charge in [-0.25, -0.2) is 5.43 Å². The molecule has 0 atom stereocenters.